The van der Waals surface area contributed by atoms with Crippen LogP contribution in [0.4, 0.5) is 23.1 Å². The summed E-state index contributed by atoms with van der Waals surface area (Å²) in [4.78, 5) is 8.95. The Morgan fingerprint density at radius 1 is 0.857 bits per heavy atom. The Kier molecular flexibility index (Phi) is 5.68. The van der Waals surface area contributed by atoms with Crippen molar-refractivity contribution in [1.82, 2.24) is 9.97 Å². The minimum Gasteiger partial charge on any atom is -0.497 e. The summed E-state index contributed by atoms with van der Waals surface area (Å²) in [6, 6.07) is 15.6. The lowest BCUT2D eigenvalue weighted by atomic mass is 9.86. The Bertz CT molecular complexity index is 951. The van der Waals surface area contributed by atoms with Gasteiger partial charge in [0.1, 0.15) is 17.3 Å². The molecule has 1 aromatic heterocycles. The normalized spacial score (nSPS) is 11.0. The first-order chi connectivity index (χ1) is 13.4. The van der Waals surface area contributed by atoms with Crippen molar-refractivity contribution in [3.05, 3.63) is 60.3 Å². The first-order valence-corrected chi connectivity index (χ1v) is 9.09. The molecule has 28 heavy (non-hydrogen) atoms. The largest absolute Gasteiger partial charge is 0.497 e. The highest BCUT2D eigenvalue weighted by Gasteiger charge is 2.18. The number of ether oxygens (including phenoxy) is 2. The Balaban J connectivity index is 1.87. The first-order valence-electron chi connectivity index (χ1n) is 9.09. The predicted octanol–water partition coefficient (Wildman–Crippen LogP) is 5.28. The van der Waals surface area contributed by atoms with Crippen LogP contribution in [0.1, 0.15) is 26.3 Å². The fourth-order valence-electron chi connectivity index (χ4n) is 2.90. The maximum Gasteiger partial charge on any atom is 0.229 e. The van der Waals surface area contributed by atoms with E-state index in [-0.39, 0.29) is 5.41 Å². The Hall–Kier alpha value is -3.28. The van der Waals surface area contributed by atoms with Gasteiger partial charge in [-0.25, -0.2) is 4.98 Å². The molecule has 0 fully saturated rings. The number of aromatic nitrogens is 2. The number of hydrogen-bond acceptors (Lipinski definition) is 6. The van der Waals surface area contributed by atoms with Gasteiger partial charge in [-0.15, -0.1) is 0 Å². The van der Waals surface area contributed by atoms with Gasteiger partial charge in [0.25, 0.3) is 0 Å². The summed E-state index contributed by atoms with van der Waals surface area (Å²) >= 11 is 0. The molecular weight excluding hydrogens is 352 g/mol. The number of benzene rings is 2. The SMILES string of the molecule is COc1ccc(OC)c(Nc2ccnc(Nc3ccccc3C(C)(C)C)n2)c1. The van der Waals surface area contributed by atoms with Crippen molar-refractivity contribution in [2.75, 3.05) is 24.9 Å². The van der Waals surface area contributed by atoms with Gasteiger partial charge in [-0.1, -0.05) is 39.0 Å². The average Bonchev–Trinajstić information content (AvgIpc) is 2.68. The topological polar surface area (TPSA) is 68.3 Å². The van der Waals surface area contributed by atoms with Gasteiger partial charge in [0.15, 0.2) is 0 Å². The molecule has 0 aliphatic carbocycles. The second kappa shape index (κ2) is 8.17. The number of nitrogens with one attached hydrogen (secondary N) is 2. The zero-order chi connectivity index (χ0) is 20.1. The van der Waals surface area contributed by atoms with Crippen LogP contribution in [0.5, 0.6) is 11.5 Å². The molecule has 0 saturated carbocycles. The second-order valence-electron chi connectivity index (χ2n) is 7.38. The van der Waals surface area contributed by atoms with Crippen LogP contribution in [0.2, 0.25) is 0 Å². The number of anilines is 4. The third-order valence-electron chi connectivity index (χ3n) is 4.31. The molecule has 0 amide bonds. The summed E-state index contributed by atoms with van der Waals surface area (Å²) < 4.78 is 10.7. The molecule has 0 aliphatic rings. The molecule has 6 nitrogen and oxygen atoms in total. The lowest BCUT2D eigenvalue weighted by Crippen LogP contribution is -2.14. The van der Waals surface area contributed by atoms with E-state index in [0.717, 1.165) is 17.1 Å². The Morgan fingerprint density at radius 3 is 2.36 bits per heavy atom. The van der Waals surface area contributed by atoms with Crippen LogP contribution in [0, 0.1) is 0 Å². The monoisotopic (exact) mass is 378 g/mol. The van der Waals surface area contributed by atoms with Crippen molar-refractivity contribution in [2.45, 2.75) is 26.2 Å². The van der Waals surface area contributed by atoms with E-state index in [0.29, 0.717) is 17.5 Å². The number of hydrogen-bond donors (Lipinski definition) is 2. The fourth-order valence-corrected chi connectivity index (χ4v) is 2.90. The van der Waals surface area contributed by atoms with Gasteiger partial charge in [-0.2, -0.15) is 4.98 Å². The molecule has 3 aromatic rings. The van der Waals surface area contributed by atoms with Crippen molar-refractivity contribution >= 4 is 23.1 Å². The first kappa shape index (κ1) is 19.5. The quantitative estimate of drug-likeness (QED) is 0.608. The van der Waals surface area contributed by atoms with E-state index in [1.807, 2.05) is 36.4 Å². The highest BCUT2D eigenvalue weighted by molar-refractivity contribution is 5.67. The van der Waals surface area contributed by atoms with Crippen LogP contribution in [0.3, 0.4) is 0 Å². The van der Waals surface area contributed by atoms with Crippen LogP contribution in [-0.2, 0) is 5.41 Å². The van der Waals surface area contributed by atoms with Gasteiger partial charge >= 0.3 is 0 Å². The number of nitrogens with zero attached hydrogens (tertiary/aromatic N) is 2. The lowest BCUT2D eigenvalue weighted by Gasteiger charge is -2.23. The van der Waals surface area contributed by atoms with Crippen molar-refractivity contribution < 1.29 is 9.47 Å². The summed E-state index contributed by atoms with van der Waals surface area (Å²) in [5.41, 5.74) is 2.96. The van der Waals surface area contributed by atoms with Gasteiger partial charge < -0.3 is 20.1 Å². The Labute approximate surface area is 166 Å². The highest BCUT2D eigenvalue weighted by Crippen LogP contribution is 2.32. The third kappa shape index (κ3) is 4.52. The van der Waals surface area contributed by atoms with E-state index in [9.17, 15) is 0 Å². The highest BCUT2D eigenvalue weighted by atomic mass is 16.5. The van der Waals surface area contributed by atoms with E-state index < -0.39 is 0 Å². The molecule has 2 N–H and O–H groups in total. The molecule has 2 aromatic carbocycles. The maximum atomic E-state index is 5.42. The molecule has 0 atom stereocenters. The van der Waals surface area contributed by atoms with Crippen molar-refractivity contribution in [1.29, 1.82) is 0 Å². The van der Waals surface area contributed by atoms with E-state index >= 15 is 0 Å². The van der Waals surface area contributed by atoms with Gasteiger partial charge in [-0.05, 0) is 35.2 Å². The molecular formula is C22H26N4O2. The molecule has 0 bridgehead atoms. The molecule has 0 aliphatic heterocycles. The number of para-hydroxylation sites is 1. The zero-order valence-corrected chi connectivity index (χ0v) is 16.9. The van der Waals surface area contributed by atoms with Crippen LogP contribution in [-0.4, -0.2) is 24.2 Å². The third-order valence-corrected chi connectivity index (χ3v) is 4.31. The van der Waals surface area contributed by atoms with Gasteiger partial charge in [0.2, 0.25) is 5.95 Å². The minimum absolute atomic E-state index is 0.00735. The van der Waals surface area contributed by atoms with Crippen LogP contribution in [0.15, 0.2) is 54.7 Å². The van der Waals surface area contributed by atoms with E-state index in [2.05, 4.69) is 47.4 Å². The van der Waals surface area contributed by atoms with Crippen molar-refractivity contribution in [3.8, 4) is 11.5 Å². The molecule has 3 rings (SSSR count). The predicted molar refractivity (Wildman–Crippen MR) is 113 cm³/mol. The average molecular weight is 378 g/mol. The summed E-state index contributed by atoms with van der Waals surface area (Å²) in [7, 11) is 3.26. The number of methoxy groups -OCH3 is 2. The maximum absolute atomic E-state index is 5.42. The fraction of sp³-hybridized carbons (Fsp3) is 0.273. The molecule has 0 saturated heterocycles. The summed E-state index contributed by atoms with van der Waals surface area (Å²) in [6.45, 7) is 6.55. The minimum atomic E-state index is 0.00735. The van der Waals surface area contributed by atoms with E-state index in [4.69, 9.17) is 9.47 Å². The second-order valence-corrected chi connectivity index (χ2v) is 7.38. The summed E-state index contributed by atoms with van der Waals surface area (Å²) in [5, 5.41) is 6.61. The number of rotatable bonds is 6. The van der Waals surface area contributed by atoms with Crippen LogP contribution < -0.4 is 20.1 Å². The van der Waals surface area contributed by atoms with E-state index in [1.165, 1.54) is 5.56 Å². The van der Waals surface area contributed by atoms with E-state index in [1.54, 1.807) is 26.5 Å². The molecule has 6 heteroatoms. The van der Waals surface area contributed by atoms with Gasteiger partial charge in [0.05, 0.1) is 19.9 Å². The van der Waals surface area contributed by atoms with Crippen LogP contribution >= 0.6 is 0 Å². The Morgan fingerprint density at radius 2 is 1.64 bits per heavy atom. The zero-order valence-electron chi connectivity index (χ0n) is 16.9. The van der Waals surface area contributed by atoms with Crippen molar-refractivity contribution in [2.24, 2.45) is 0 Å². The molecule has 0 radical (unpaired) electrons. The molecule has 146 valence electrons. The summed E-state index contributed by atoms with van der Waals surface area (Å²) in [6.07, 6.45) is 1.71. The molecule has 0 unspecified atom stereocenters. The molecule has 0 spiro atoms. The lowest BCUT2D eigenvalue weighted by molar-refractivity contribution is 0.405. The van der Waals surface area contributed by atoms with Crippen LogP contribution in [0.25, 0.3) is 0 Å². The standard InChI is InChI=1S/C22H26N4O2/c1-22(2,3)16-8-6-7-9-17(16)25-21-23-13-12-20(26-21)24-18-14-15(27-4)10-11-19(18)28-5/h6-14H,1-5H3,(H2,23,24,25,26). The van der Waals surface area contributed by atoms with Gasteiger partial charge in [0, 0.05) is 18.0 Å². The molecule has 1 heterocycles. The summed E-state index contributed by atoms with van der Waals surface area (Å²) in [5.74, 6) is 2.60. The van der Waals surface area contributed by atoms with Crippen molar-refractivity contribution in [3.63, 3.8) is 0 Å². The van der Waals surface area contributed by atoms with Gasteiger partial charge in [-0.3, -0.25) is 0 Å². The smallest absolute Gasteiger partial charge is 0.229 e.